The predicted octanol–water partition coefficient (Wildman–Crippen LogP) is 9.57. The van der Waals surface area contributed by atoms with E-state index in [2.05, 4.69) is 13.3 Å². The van der Waals surface area contributed by atoms with Crippen molar-refractivity contribution in [2.24, 2.45) is 0 Å². The van der Waals surface area contributed by atoms with Crippen LogP contribution in [0.25, 0.3) is 0 Å². The molecule has 0 saturated heterocycles. The standard InChI is InChI=1S/C27H52P2/c1-28(24-15-7-3-8-16-24,25-17-9-4-10-18-25)23-29(2,26-19-11-5-12-20-26)27-21-13-6-14-22-27/h24-27H,3-23H2,1-2H3/q+2. The van der Waals surface area contributed by atoms with Crippen molar-refractivity contribution >= 4 is 14.5 Å². The van der Waals surface area contributed by atoms with Crippen LogP contribution in [-0.2, 0) is 0 Å². The van der Waals surface area contributed by atoms with Gasteiger partial charge in [0.05, 0.1) is 50.5 Å². The molecule has 0 unspecified atom stereocenters. The van der Waals surface area contributed by atoms with Gasteiger partial charge in [-0.25, -0.2) is 0 Å². The lowest BCUT2D eigenvalue weighted by Gasteiger charge is -2.47. The van der Waals surface area contributed by atoms with E-state index in [4.69, 9.17) is 0 Å². The van der Waals surface area contributed by atoms with Crippen LogP contribution in [-0.4, -0.2) is 41.9 Å². The van der Waals surface area contributed by atoms with Gasteiger partial charge in [0.2, 0.25) is 0 Å². The summed E-state index contributed by atoms with van der Waals surface area (Å²) in [4.78, 5) is 0. The van der Waals surface area contributed by atoms with E-state index in [1.807, 2.05) is 5.90 Å². The average molecular weight is 439 g/mol. The molecule has 4 saturated carbocycles. The van der Waals surface area contributed by atoms with Crippen LogP contribution >= 0.6 is 14.5 Å². The summed E-state index contributed by atoms with van der Waals surface area (Å²) >= 11 is 0. The Morgan fingerprint density at radius 1 is 0.379 bits per heavy atom. The summed E-state index contributed by atoms with van der Waals surface area (Å²) in [6.07, 6.45) is 31.6. The van der Waals surface area contributed by atoms with Crippen LogP contribution in [0.4, 0.5) is 0 Å². The zero-order valence-electron chi connectivity index (χ0n) is 20.1. The van der Waals surface area contributed by atoms with E-state index in [1.165, 1.54) is 22.6 Å². The average Bonchev–Trinajstić information content (AvgIpc) is 2.81. The van der Waals surface area contributed by atoms with E-state index in [0.29, 0.717) is 0 Å². The molecular weight excluding hydrogens is 386 g/mol. The van der Waals surface area contributed by atoms with Gasteiger partial charge in [-0.15, -0.1) is 0 Å². The lowest BCUT2D eigenvalue weighted by Crippen LogP contribution is -2.35. The van der Waals surface area contributed by atoms with Gasteiger partial charge < -0.3 is 0 Å². The molecule has 0 bridgehead atoms. The highest BCUT2D eigenvalue weighted by molar-refractivity contribution is 7.92. The highest BCUT2D eigenvalue weighted by Gasteiger charge is 2.60. The SMILES string of the molecule is C[P+](C[P+](C)(C1CCCCC1)C1CCCCC1)(C1CCCCC1)C1CCCCC1. The lowest BCUT2D eigenvalue weighted by molar-refractivity contribution is 0.475. The Balaban J connectivity index is 1.62. The van der Waals surface area contributed by atoms with E-state index in [0.717, 1.165) is 0 Å². The van der Waals surface area contributed by atoms with Crippen molar-refractivity contribution in [3.63, 3.8) is 0 Å². The Morgan fingerprint density at radius 3 is 0.793 bits per heavy atom. The third-order valence-corrected chi connectivity index (χ3v) is 23.9. The minimum atomic E-state index is -0.826. The van der Waals surface area contributed by atoms with E-state index in [9.17, 15) is 0 Å². The van der Waals surface area contributed by atoms with Gasteiger partial charge in [-0.3, -0.25) is 0 Å². The van der Waals surface area contributed by atoms with Crippen LogP contribution in [0.5, 0.6) is 0 Å². The summed E-state index contributed by atoms with van der Waals surface area (Å²) in [7, 11) is -1.65. The third kappa shape index (κ3) is 5.27. The molecule has 0 amide bonds. The van der Waals surface area contributed by atoms with Crippen molar-refractivity contribution in [1.29, 1.82) is 0 Å². The molecule has 2 heteroatoms. The van der Waals surface area contributed by atoms with Gasteiger partial charge in [0.25, 0.3) is 0 Å². The lowest BCUT2D eigenvalue weighted by atomic mass is 9.99. The molecule has 0 atom stereocenters. The van der Waals surface area contributed by atoms with Crippen molar-refractivity contribution in [1.82, 2.24) is 0 Å². The summed E-state index contributed by atoms with van der Waals surface area (Å²) < 4.78 is 0. The second kappa shape index (κ2) is 10.7. The van der Waals surface area contributed by atoms with Crippen LogP contribution in [0.3, 0.4) is 0 Å². The van der Waals surface area contributed by atoms with Crippen molar-refractivity contribution in [3.05, 3.63) is 0 Å². The van der Waals surface area contributed by atoms with Crippen LogP contribution < -0.4 is 0 Å². The van der Waals surface area contributed by atoms with Crippen molar-refractivity contribution < 1.29 is 0 Å². The van der Waals surface area contributed by atoms with Crippen molar-refractivity contribution in [2.75, 3.05) is 19.2 Å². The van der Waals surface area contributed by atoms with Gasteiger partial charge in [0.15, 0.2) is 5.90 Å². The third-order valence-electron chi connectivity index (χ3n) is 10.2. The number of rotatable bonds is 6. The fourth-order valence-electron chi connectivity index (χ4n) is 8.40. The van der Waals surface area contributed by atoms with E-state index < -0.39 is 14.5 Å². The maximum absolute atomic E-state index is 2.98. The number of hydrogen-bond donors (Lipinski definition) is 0. The highest BCUT2D eigenvalue weighted by atomic mass is 31.2. The van der Waals surface area contributed by atoms with Crippen LogP contribution in [0.2, 0.25) is 0 Å². The second-order valence-electron chi connectivity index (χ2n) is 12.0. The molecule has 0 nitrogen and oxygen atoms in total. The fourth-order valence-corrected chi connectivity index (χ4v) is 24.7. The molecular formula is C27H52P2+2. The maximum Gasteiger partial charge on any atom is 0.160 e. The predicted molar refractivity (Wildman–Crippen MR) is 138 cm³/mol. The molecule has 0 spiro atoms. The second-order valence-corrected chi connectivity index (χ2v) is 21.4. The molecule has 0 N–H and O–H groups in total. The molecule has 0 heterocycles. The topological polar surface area (TPSA) is 0 Å². The van der Waals surface area contributed by atoms with Gasteiger partial charge in [0, 0.05) is 0 Å². The number of hydrogen-bond acceptors (Lipinski definition) is 0. The molecule has 4 rings (SSSR count). The first-order chi connectivity index (χ1) is 14.1. The van der Waals surface area contributed by atoms with Gasteiger partial charge in [-0.1, -0.05) is 25.7 Å². The summed E-state index contributed by atoms with van der Waals surface area (Å²) in [6.45, 7) is 5.95. The first-order valence-corrected chi connectivity index (χ1v) is 18.9. The molecule has 4 aliphatic rings. The molecule has 0 aliphatic heterocycles. The van der Waals surface area contributed by atoms with Gasteiger partial charge in [0.1, 0.15) is 0 Å². The Kier molecular flexibility index (Phi) is 8.46. The highest BCUT2D eigenvalue weighted by Crippen LogP contribution is 2.83. The van der Waals surface area contributed by atoms with Crippen molar-refractivity contribution in [2.45, 2.75) is 151 Å². The molecule has 4 fully saturated rings. The normalized spacial score (nSPS) is 27.9. The molecule has 29 heavy (non-hydrogen) atoms. The summed E-state index contributed by atoms with van der Waals surface area (Å²) in [6, 6.07) is 0. The first kappa shape index (κ1) is 23.0. The summed E-state index contributed by atoms with van der Waals surface area (Å²) in [5.41, 5.74) is 4.69. The van der Waals surface area contributed by atoms with E-state index in [-0.39, 0.29) is 0 Å². The molecule has 0 radical (unpaired) electrons. The van der Waals surface area contributed by atoms with Gasteiger partial charge in [-0.05, 0) is 103 Å². The molecule has 0 aromatic rings. The zero-order chi connectivity index (χ0) is 20.2. The van der Waals surface area contributed by atoms with Crippen LogP contribution in [0.1, 0.15) is 128 Å². The molecule has 0 aromatic heterocycles. The zero-order valence-corrected chi connectivity index (χ0v) is 21.8. The Labute approximate surface area is 184 Å². The van der Waals surface area contributed by atoms with E-state index >= 15 is 0 Å². The molecule has 0 aromatic carbocycles. The first-order valence-electron chi connectivity index (χ1n) is 13.8. The van der Waals surface area contributed by atoms with Gasteiger partial charge >= 0.3 is 0 Å². The Morgan fingerprint density at radius 2 is 0.586 bits per heavy atom. The Bertz CT molecular complexity index is 397. The van der Waals surface area contributed by atoms with Crippen LogP contribution in [0.15, 0.2) is 0 Å². The minimum absolute atomic E-state index is 0.826. The van der Waals surface area contributed by atoms with Crippen molar-refractivity contribution in [3.8, 4) is 0 Å². The molecule has 4 aliphatic carbocycles. The van der Waals surface area contributed by atoms with Gasteiger partial charge in [-0.2, -0.15) is 0 Å². The summed E-state index contributed by atoms with van der Waals surface area (Å²) in [5.74, 6) is 1.81. The fraction of sp³-hybridized carbons (Fsp3) is 1.00. The monoisotopic (exact) mass is 438 g/mol. The summed E-state index contributed by atoms with van der Waals surface area (Å²) in [5, 5.41) is 0. The minimum Gasteiger partial charge on any atom is -0.0530 e. The largest absolute Gasteiger partial charge is 0.160 e. The smallest absolute Gasteiger partial charge is 0.0530 e. The Hall–Kier alpha value is 0.860. The maximum atomic E-state index is 2.98. The van der Waals surface area contributed by atoms with E-state index in [1.54, 1.807) is 128 Å². The van der Waals surface area contributed by atoms with Crippen LogP contribution in [0, 0.1) is 0 Å². The molecule has 168 valence electrons. The quantitative estimate of drug-likeness (QED) is 0.362.